The Labute approximate surface area is 118 Å². The first-order chi connectivity index (χ1) is 9.67. The summed E-state index contributed by atoms with van der Waals surface area (Å²) in [6.45, 7) is 4.30. The molecule has 0 aliphatic carbocycles. The molecule has 20 heavy (non-hydrogen) atoms. The number of halogens is 1. The molecule has 0 saturated carbocycles. The van der Waals surface area contributed by atoms with Gasteiger partial charge in [0, 0.05) is 38.9 Å². The van der Waals surface area contributed by atoms with E-state index in [1.54, 1.807) is 12.0 Å². The quantitative estimate of drug-likeness (QED) is 0.893. The lowest BCUT2D eigenvalue weighted by atomic mass is 10.1. The summed E-state index contributed by atoms with van der Waals surface area (Å²) in [5.74, 6) is -0.384. The maximum Gasteiger partial charge on any atom is 0.257 e. The van der Waals surface area contributed by atoms with Crippen LogP contribution in [0.3, 0.4) is 0 Å². The number of likely N-dealkylation sites (tertiary alicyclic amines) is 1. The number of methoxy groups -OCH3 is 1. The third-order valence-electron chi connectivity index (χ3n) is 3.44. The van der Waals surface area contributed by atoms with Crippen molar-refractivity contribution in [1.29, 1.82) is 0 Å². The molecule has 0 aromatic carbocycles. The average molecular weight is 281 g/mol. The monoisotopic (exact) mass is 281 g/mol. The molecule has 0 spiro atoms. The Hall–Kier alpha value is -1.69. The van der Waals surface area contributed by atoms with Crippen molar-refractivity contribution in [1.82, 2.24) is 9.88 Å². The molecule has 1 saturated heterocycles. The van der Waals surface area contributed by atoms with E-state index in [0.29, 0.717) is 32.2 Å². The molecule has 2 heterocycles. The number of carbonyl (C=O) groups excluding carboxylic acids is 1. The summed E-state index contributed by atoms with van der Waals surface area (Å²) in [5, 5.41) is 2.81. The predicted octanol–water partition coefficient (Wildman–Crippen LogP) is 1.76. The van der Waals surface area contributed by atoms with E-state index >= 15 is 0 Å². The van der Waals surface area contributed by atoms with Crippen LogP contribution < -0.4 is 5.32 Å². The van der Waals surface area contributed by atoms with Crippen LogP contribution in [0, 0.1) is 11.7 Å². The molecule has 1 aromatic rings. The van der Waals surface area contributed by atoms with Crippen molar-refractivity contribution in [3.05, 3.63) is 23.6 Å². The third-order valence-corrected chi connectivity index (χ3v) is 3.44. The maximum absolute atomic E-state index is 14.2. The second-order valence-electron chi connectivity index (χ2n) is 4.91. The van der Waals surface area contributed by atoms with Crippen molar-refractivity contribution < 1.29 is 13.9 Å². The van der Waals surface area contributed by atoms with E-state index in [1.807, 2.05) is 6.92 Å². The van der Waals surface area contributed by atoms with Crippen molar-refractivity contribution >= 4 is 11.7 Å². The molecule has 2 rings (SSSR count). The van der Waals surface area contributed by atoms with E-state index < -0.39 is 5.82 Å². The molecular formula is C14H20FN3O2. The van der Waals surface area contributed by atoms with E-state index in [0.717, 1.165) is 6.42 Å². The van der Waals surface area contributed by atoms with Crippen LogP contribution in [0.1, 0.15) is 23.7 Å². The fourth-order valence-corrected chi connectivity index (χ4v) is 2.46. The minimum atomic E-state index is -0.574. The number of nitrogens with one attached hydrogen (secondary N) is 1. The van der Waals surface area contributed by atoms with E-state index in [-0.39, 0.29) is 17.3 Å². The highest BCUT2D eigenvalue weighted by molar-refractivity contribution is 5.95. The molecule has 1 amide bonds. The van der Waals surface area contributed by atoms with E-state index in [1.165, 1.54) is 12.3 Å². The molecule has 1 N–H and O–H groups in total. The number of pyridine rings is 1. The van der Waals surface area contributed by atoms with E-state index in [9.17, 15) is 9.18 Å². The highest BCUT2D eigenvalue weighted by Gasteiger charge is 2.29. The topological polar surface area (TPSA) is 54.5 Å². The Kier molecular flexibility index (Phi) is 4.89. The lowest BCUT2D eigenvalue weighted by Gasteiger charge is -2.17. The number of carbonyl (C=O) groups is 1. The molecular weight excluding hydrogens is 261 g/mol. The molecule has 1 fully saturated rings. The fourth-order valence-electron chi connectivity index (χ4n) is 2.46. The summed E-state index contributed by atoms with van der Waals surface area (Å²) < 4.78 is 19.3. The van der Waals surface area contributed by atoms with Crippen LogP contribution in [-0.4, -0.2) is 49.1 Å². The van der Waals surface area contributed by atoms with Gasteiger partial charge in [-0.1, -0.05) is 0 Å². The summed E-state index contributed by atoms with van der Waals surface area (Å²) in [4.78, 5) is 17.9. The largest absolute Gasteiger partial charge is 0.384 e. The Morgan fingerprint density at radius 1 is 1.65 bits per heavy atom. The van der Waals surface area contributed by atoms with E-state index in [2.05, 4.69) is 10.3 Å². The van der Waals surface area contributed by atoms with Crippen LogP contribution in [-0.2, 0) is 4.74 Å². The summed E-state index contributed by atoms with van der Waals surface area (Å²) in [6, 6.07) is 1.43. The van der Waals surface area contributed by atoms with Crippen LogP contribution >= 0.6 is 0 Å². The molecule has 110 valence electrons. The molecule has 1 aliphatic rings. The average Bonchev–Trinajstić information content (AvgIpc) is 2.90. The minimum absolute atomic E-state index is 0.0778. The number of rotatable bonds is 5. The van der Waals surface area contributed by atoms with Gasteiger partial charge in [-0.25, -0.2) is 9.37 Å². The predicted molar refractivity (Wildman–Crippen MR) is 74.2 cm³/mol. The van der Waals surface area contributed by atoms with Crippen molar-refractivity contribution in [3.63, 3.8) is 0 Å². The molecule has 0 radical (unpaired) electrons. The number of anilines is 1. The third kappa shape index (κ3) is 3.07. The zero-order chi connectivity index (χ0) is 14.5. The van der Waals surface area contributed by atoms with Gasteiger partial charge in [-0.2, -0.15) is 0 Å². The molecule has 1 unspecified atom stereocenters. The van der Waals surface area contributed by atoms with Gasteiger partial charge in [0.25, 0.3) is 5.91 Å². The van der Waals surface area contributed by atoms with Gasteiger partial charge in [-0.15, -0.1) is 0 Å². The molecule has 0 bridgehead atoms. The first kappa shape index (κ1) is 14.7. The van der Waals surface area contributed by atoms with Crippen molar-refractivity contribution in [3.8, 4) is 0 Å². The summed E-state index contributed by atoms with van der Waals surface area (Å²) >= 11 is 0. The van der Waals surface area contributed by atoms with Crippen molar-refractivity contribution in [2.75, 3.05) is 38.7 Å². The van der Waals surface area contributed by atoms with Gasteiger partial charge in [-0.3, -0.25) is 4.79 Å². The molecule has 1 atom stereocenters. The van der Waals surface area contributed by atoms with E-state index in [4.69, 9.17) is 4.74 Å². The number of ether oxygens (including phenoxy) is 1. The van der Waals surface area contributed by atoms with Crippen LogP contribution in [0.5, 0.6) is 0 Å². The van der Waals surface area contributed by atoms with Gasteiger partial charge in [0.05, 0.1) is 12.2 Å². The standard InChI is InChI=1S/C14H20FN3O2/c1-3-16-13-12(15)11(4-6-17-13)14(19)18-7-5-10(8-18)9-20-2/h4,6,10H,3,5,7-9H2,1-2H3,(H,16,17). The molecule has 1 aliphatic heterocycles. The molecule has 1 aromatic heterocycles. The number of nitrogens with zero attached hydrogens (tertiary/aromatic N) is 2. The Balaban J connectivity index is 2.12. The number of hydrogen-bond donors (Lipinski definition) is 1. The lowest BCUT2D eigenvalue weighted by molar-refractivity contribution is 0.0771. The van der Waals surface area contributed by atoms with Gasteiger partial charge in [0.2, 0.25) is 0 Å². The van der Waals surface area contributed by atoms with Crippen LogP contribution in [0.25, 0.3) is 0 Å². The van der Waals surface area contributed by atoms with Gasteiger partial charge in [-0.05, 0) is 19.4 Å². The van der Waals surface area contributed by atoms with Crippen LogP contribution in [0.15, 0.2) is 12.3 Å². The normalized spacial score (nSPS) is 18.4. The highest BCUT2D eigenvalue weighted by Crippen LogP contribution is 2.22. The second kappa shape index (κ2) is 6.65. The second-order valence-corrected chi connectivity index (χ2v) is 4.91. The maximum atomic E-state index is 14.2. The molecule has 5 nitrogen and oxygen atoms in total. The Bertz CT molecular complexity index is 481. The fraction of sp³-hybridized carbons (Fsp3) is 0.571. The number of hydrogen-bond acceptors (Lipinski definition) is 4. The smallest absolute Gasteiger partial charge is 0.257 e. The molecule has 6 heteroatoms. The van der Waals surface area contributed by atoms with Gasteiger partial charge in [0.15, 0.2) is 11.6 Å². The number of aromatic nitrogens is 1. The first-order valence-electron chi connectivity index (χ1n) is 6.84. The summed E-state index contributed by atoms with van der Waals surface area (Å²) in [5.41, 5.74) is 0.0778. The summed E-state index contributed by atoms with van der Waals surface area (Å²) in [6.07, 6.45) is 2.35. The zero-order valence-electron chi connectivity index (χ0n) is 11.9. The van der Waals surface area contributed by atoms with Crippen LogP contribution in [0.4, 0.5) is 10.2 Å². The lowest BCUT2D eigenvalue weighted by Crippen LogP contribution is -2.30. The Morgan fingerprint density at radius 3 is 3.15 bits per heavy atom. The van der Waals surface area contributed by atoms with Gasteiger partial charge in [0.1, 0.15) is 0 Å². The van der Waals surface area contributed by atoms with Crippen LogP contribution in [0.2, 0.25) is 0 Å². The minimum Gasteiger partial charge on any atom is -0.384 e. The van der Waals surface area contributed by atoms with Gasteiger partial charge >= 0.3 is 0 Å². The van der Waals surface area contributed by atoms with Gasteiger partial charge < -0.3 is 15.0 Å². The number of amides is 1. The van der Waals surface area contributed by atoms with Crippen molar-refractivity contribution in [2.24, 2.45) is 5.92 Å². The first-order valence-corrected chi connectivity index (χ1v) is 6.84. The highest BCUT2D eigenvalue weighted by atomic mass is 19.1. The SMILES string of the molecule is CCNc1nccc(C(=O)N2CCC(COC)C2)c1F. The Morgan fingerprint density at radius 2 is 2.45 bits per heavy atom. The van der Waals surface area contributed by atoms with Crippen molar-refractivity contribution in [2.45, 2.75) is 13.3 Å². The summed E-state index contributed by atoms with van der Waals surface area (Å²) in [7, 11) is 1.65. The zero-order valence-corrected chi connectivity index (χ0v) is 11.9.